The number of β-lactam (4-membered cyclic amide) rings is 1. The van der Waals surface area contributed by atoms with E-state index < -0.39 is 59.8 Å². The van der Waals surface area contributed by atoms with Crippen molar-refractivity contribution in [1.29, 1.82) is 0 Å². The molecule has 0 aliphatic carbocycles. The standard InChI is InChI=1S/C43H46N3O6PS.HI/c1-42(2,3)51-40(49)36-30(27-53(31-21-13-8-14-22-31,32-23-15-9-16-24-32)33-25-17-10-18-26-33)28-54-39-35(38(48)46(36)39)44-37(47)34(29-19-11-7-12-20-29)45-41(50)52-43(4,5)6;/h7-26,34-35,39H,27-28H2,1-6H3,(H-,44,45,47,50);1H/t34?,35-,39-;/m1./s1. The van der Waals surface area contributed by atoms with Crippen LogP contribution < -0.4 is 50.5 Å². The Morgan fingerprint density at radius 3 is 1.65 bits per heavy atom. The summed E-state index contributed by atoms with van der Waals surface area (Å²) in [5.74, 6) is -1.14. The third kappa shape index (κ3) is 9.44. The van der Waals surface area contributed by atoms with Crippen molar-refractivity contribution in [2.75, 3.05) is 11.9 Å². The average molecular weight is 892 g/mol. The summed E-state index contributed by atoms with van der Waals surface area (Å²) in [4.78, 5) is 56.8. The number of fused-ring (bicyclic) bond motifs is 1. The smallest absolute Gasteiger partial charge is 0.408 e. The van der Waals surface area contributed by atoms with Crippen LogP contribution in [0.2, 0.25) is 0 Å². The van der Waals surface area contributed by atoms with Crippen molar-refractivity contribution in [3.8, 4) is 0 Å². The van der Waals surface area contributed by atoms with Gasteiger partial charge in [0.1, 0.15) is 57.5 Å². The van der Waals surface area contributed by atoms with Crippen LogP contribution in [-0.4, -0.2) is 63.3 Å². The Bertz CT molecular complexity index is 1920. The minimum Gasteiger partial charge on any atom is -1.00 e. The van der Waals surface area contributed by atoms with Gasteiger partial charge in [0.15, 0.2) is 0 Å². The first-order chi connectivity index (χ1) is 25.7. The van der Waals surface area contributed by atoms with Crippen LogP contribution in [0.15, 0.2) is 133 Å². The summed E-state index contributed by atoms with van der Waals surface area (Å²) < 4.78 is 11.5. The van der Waals surface area contributed by atoms with Crippen LogP contribution in [0.5, 0.6) is 0 Å². The third-order valence-electron chi connectivity index (χ3n) is 9.01. The predicted octanol–water partition coefficient (Wildman–Crippen LogP) is 3.25. The Morgan fingerprint density at radius 2 is 1.20 bits per heavy atom. The van der Waals surface area contributed by atoms with Crippen molar-refractivity contribution in [2.45, 2.75) is 70.2 Å². The first-order valence-electron chi connectivity index (χ1n) is 18.0. The number of esters is 1. The van der Waals surface area contributed by atoms with Gasteiger partial charge in [0.05, 0.1) is 6.16 Å². The topological polar surface area (TPSA) is 114 Å². The zero-order chi connectivity index (χ0) is 38.7. The summed E-state index contributed by atoms with van der Waals surface area (Å²) in [5, 5.41) is 8.45. The lowest BCUT2D eigenvalue weighted by atomic mass is 10.0. The molecule has 2 aliphatic rings. The van der Waals surface area contributed by atoms with Crippen LogP contribution in [0.3, 0.4) is 0 Å². The Balaban J connectivity index is 0.00000580. The molecule has 0 radical (unpaired) electrons. The average Bonchev–Trinajstić information content (AvgIpc) is 3.14. The fourth-order valence-electron chi connectivity index (χ4n) is 6.78. The number of rotatable bonds is 10. The first kappa shape index (κ1) is 42.0. The molecule has 9 nitrogen and oxygen atoms in total. The second kappa shape index (κ2) is 17.3. The van der Waals surface area contributed by atoms with Crippen molar-refractivity contribution in [3.63, 3.8) is 0 Å². The molecule has 288 valence electrons. The van der Waals surface area contributed by atoms with E-state index in [0.717, 1.165) is 21.5 Å². The van der Waals surface area contributed by atoms with Gasteiger partial charge in [-0.05, 0) is 83.5 Å². The van der Waals surface area contributed by atoms with Crippen LogP contribution in [0.4, 0.5) is 4.79 Å². The van der Waals surface area contributed by atoms with E-state index in [-0.39, 0.29) is 29.7 Å². The van der Waals surface area contributed by atoms with E-state index in [1.54, 1.807) is 65.8 Å². The van der Waals surface area contributed by atoms with Crippen molar-refractivity contribution in [2.24, 2.45) is 0 Å². The number of ether oxygens (including phenoxy) is 2. The molecule has 12 heteroatoms. The zero-order valence-electron chi connectivity index (χ0n) is 31.8. The van der Waals surface area contributed by atoms with E-state index in [0.29, 0.717) is 17.5 Å². The van der Waals surface area contributed by atoms with Crippen molar-refractivity contribution >= 4 is 58.8 Å². The third-order valence-corrected chi connectivity index (χ3v) is 14.7. The Morgan fingerprint density at radius 1 is 0.745 bits per heavy atom. The van der Waals surface area contributed by atoms with Crippen LogP contribution >= 0.6 is 19.0 Å². The zero-order valence-corrected chi connectivity index (χ0v) is 35.7. The highest BCUT2D eigenvalue weighted by Gasteiger charge is 2.57. The molecule has 3 amide bonds. The molecule has 55 heavy (non-hydrogen) atoms. The maximum absolute atomic E-state index is 14.3. The van der Waals surface area contributed by atoms with Gasteiger partial charge in [-0.15, -0.1) is 11.8 Å². The maximum Gasteiger partial charge on any atom is 0.408 e. The molecular weight excluding hydrogens is 844 g/mol. The summed E-state index contributed by atoms with van der Waals surface area (Å²) >= 11 is 1.50. The number of thioether (sulfide) groups is 1. The van der Waals surface area contributed by atoms with Gasteiger partial charge >= 0.3 is 12.1 Å². The molecule has 1 saturated heterocycles. The van der Waals surface area contributed by atoms with Crippen molar-refractivity contribution in [1.82, 2.24) is 15.5 Å². The van der Waals surface area contributed by atoms with Crippen molar-refractivity contribution < 1.29 is 52.6 Å². The van der Waals surface area contributed by atoms with Gasteiger partial charge in [0.2, 0.25) is 5.91 Å². The highest BCUT2D eigenvalue weighted by atomic mass is 127. The van der Waals surface area contributed by atoms with E-state index in [2.05, 4.69) is 47.0 Å². The summed E-state index contributed by atoms with van der Waals surface area (Å²) in [5.41, 5.74) is -0.0444. The van der Waals surface area contributed by atoms with Crippen LogP contribution in [0.25, 0.3) is 0 Å². The number of hydrogen-bond acceptors (Lipinski definition) is 7. The molecule has 6 rings (SSSR count). The molecule has 0 spiro atoms. The summed E-state index contributed by atoms with van der Waals surface area (Å²) in [6, 6.07) is 37.8. The molecule has 1 fully saturated rings. The molecule has 0 saturated carbocycles. The molecule has 1 unspecified atom stereocenters. The SMILES string of the molecule is CC(C)(C)OC(=O)NC(C(=O)N[C@@H]1C(=O)N2C(C(=O)OC(C)(C)C)=C(C[P+](c3ccccc3)(c3ccccc3)c3ccccc3)CS[C@H]12)c1ccccc1.[I-]. The number of alkyl carbamates (subject to hydrolysis) is 1. The summed E-state index contributed by atoms with van der Waals surface area (Å²) in [7, 11) is -2.44. The number of carbonyl (C=O) groups is 4. The Labute approximate surface area is 345 Å². The molecule has 0 aromatic heterocycles. The molecule has 2 aliphatic heterocycles. The first-order valence-corrected chi connectivity index (χ1v) is 21.0. The maximum atomic E-state index is 14.3. The number of nitrogens with one attached hydrogen (secondary N) is 2. The second-order valence-corrected chi connectivity index (χ2v) is 19.9. The number of amides is 3. The lowest BCUT2D eigenvalue weighted by Crippen LogP contribution is -3.00. The van der Waals surface area contributed by atoms with Gasteiger partial charge in [-0.1, -0.05) is 84.9 Å². The fourth-order valence-corrected chi connectivity index (χ4v) is 12.6. The second-order valence-electron chi connectivity index (χ2n) is 15.3. The van der Waals surface area contributed by atoms with Crippen LogP contribution in [0, 0.1) is 0 Å². The molecule has 2 heterocycles. The normalized spacial score (nSPS) is 17.5. The van der Waals surface area contributed by atoms with E-state index >= 15 is 0 Å². The van der Waals surface area contributed by atoms with Gasteiger partial charge in [-0.3, -0.25) is 14.5 Å². The number of benzene rings is 4. The molecule has 0 bridgehead atoms. The number of hydrogen-bond donors (Lipinski definition) is 2. The van der Waals surface area contributed by atoms with Gasteiger partial charge in [0.25, 0.3) is 5.91 Å². The van der Waals surface area contributed by atoms with Gasteiger partial charge in [0, 0.05) is 11.3 Å². The molecule has 2 N–H and O–H groups in total. The number of halogens is 1. The predicted molar refractivity (Wildman–Crippen MR) is 216 cm³/mol. The van der Waals surface area contributed by atoms with E-state index in [9.17, 15) is 19.2 Å². The van der Waals surface area contributed by atoms with E-state index in [4.69, 9.17) is 9.47 Å². The van der Waals surface area contributed by atoms with Crippen LogP contribution in [0.1, 0.15) is 53.1 Å². The van der Waals surface area contributed by atoms with Gasteiger partial charge in [-0.25, -0.2) is 9.59 Å². The summed E-state index contributed by atoms with van der Waals surface area (Å²) in [6.07, 6.45) is -0.266. The Hall–Kier alpha value is -4.19. The lowest BCUT2D eigenvalue weighted by Gasteiger charge is -2.50. The van der Waals surface area contributed by atoms with E-state index in [1.165, 1.54) is 16.7 Å². The van der Waals surface area contributed by atoms with Crippen LogP contribution in [-0.2, 0) is 23.9 Å². The minimum atomic E-state index is -2.44. The van der Waals surface area contributed by atoms with Gasteiger partial charge in [-0.2, -0.15) is 0 Å². The van der Waals surface area contributed by atoms with E-state index in [1.807, 2.05) is 60.7 Å². The molecule has 4 aromatic carbocycles. The molecule has 4 aromatic rings. The molecule has 3 atom stereocenters. The number of nitrogens with zero attached hydrogens (tertiary/aromatic N) is 1. The quantitative estimate of drug-likeness (QED) is 0.109. The summed E-state index contributed by atoms with van der Waals surface area (Å²) in [6.45, 7) is 10.6. The largest absolute Gasteiger partial charge is 1.00 e. The highest BCUT2D eigenvalue weighted by Crippen LogP contribution is 2.58. The lowest BCUT2D eigenvalue weighted by molar-refractivity contribution is -0.159. The minimum absolute atomic E-state index is 0. The molecular formula is C43H47IN3O6PS. The Kier molecular flexibility index (Phi) is 13.2. The monoisotopic (exact) mass is 891 g/mol. The fraction of sp³-hybridized carbons (Fsp3) is 0.302. The number of carbonyl (C=O) groups excluding carboxylic acids is 4. The highest BCUT2D eigenvalue weighted by molar-refractivity contribution is 8.00. The van der Waals surface area contributed by atoms with Gasteiger partial charge < -0.3 is 44.1 Å². The van der Waals surface area contributed by atoms with Crippen molar-refractivity contribution in [3.05, 3.63) is 138 Å².